The molecule has 0 spiro atoms. The summed E-state index contributed by atoms with van der Waals surface area (Å²) in [6, 6.07) is -3.24. The highest BCUT2D eigenvalue weighted by Crippen LogP contribution is 2.27. The number of carbonyl (C=O) groups excluding carboxylic acids is 4. The molecule has 0 aromatic carbocycles. The fourth-order valence-corrected chi connectivity index (χ4v) is 3.58. The molecular formula is C18H21Cl9N2O12S. The topological polar surface area (TPSA) is 196 Å². The quantitative estimate of drug-likeness (QED) is 0.105. The monoisotopic (exact) mass is 804 g/mol. The molecule has 0 heterocycles. The van der Waals surface area contributed by atoms with Gasteiger partial charge in [-0.2, -0.15) is 11.8 Å². The van der Waals surface area contributed by atoms with E-state index in [9.17, 15) is 29.1 Å². The van der Waals surface area contributed by atoms with Gasteiger partial charge in [-0.1, -0.05) is 104 Å². The van der Waals surface area contributed by atoms with Crippen molar-refractivity contribution in [2.24, 2.45) is 0 Å². The van der Waals surface area contributed by atoms with Crippen LogP contribution in [0.3, 0.4) is 0 Å². The molecule has 42 heavy (non-hydrogen) atoms. The van der Waals surface area contributed by atoms with E-state index in [0.717, 1.165) is 11.8 Å². The molecule has 24 heteroatoms. The van der Waals surface area contributed by atoms with Gasteiger partial charge in [-0.3, -0.25) is 4.79 Å². The fraction of sp³-hybridized carbons (Fsp3) is 0.722. The lowest BCUT2D eigenvalue weighted by molar-refractivity contribution is -0.143. The summed E-state index contributed by atoms with van der Waals surface area (Å²) < 4.78 is 17.9. The number of rotatable bonds is 15. The van der Waals surface area contributed by atoms with Crippen molar-refractivity contribution < 1.29 is 57.9 Å². The molecule has 0 aromatic rings. The second-order valence-electron chi connectivity index (χ2n) is 7.37. The Morgan fingerprint density at radius 1 is 0.690 bits per heavy atom. The Balaban J connectivity index is 5.47. The summed E-state index contributed by atoms with van der Waals surface area (Å²) in [5, 5.41) is 22.4. The van der Waals surface area contributed by atoms with E-state index in [0.29, 0.717) is 0 Å². The van der Waals surface area contributed by atoms with Crippen molar-refractivity contribution >= 4 is 146 Å². The van der Waals surface area contributed by atoms with Gasteiger partial charge in [0.15, 0.2) is 0 Å². The van der Waals surface area contributed by atoms with Crippen molar-refractivity contribution in [3.63, 3.8) is 0 Å². The molecule has 4 N–H and O–H groups in total. The summed E-state index contributed by atoms with van der Waals surface area (Å²) in [6.07, 6.45) is -5.20. The molecule has 0 saturated carbocycles. The van der Waals surface area contributed by atoms with Crippen LogP contribution in [0.1, 0.15) is 0 Å². The summed E-state index contributed by atoms with van der Waals surface area (Å²) in [6.45, 7) is -3.73. The number of alkyl halides is 9. The molecule has 0 aliphatic carbocycles. The maximum Gasteiger partial charge on any atom is 0.508 e. The Bertz CT molecular complexity index is 918. The predicted molar refractivity (Wildman–Crippen MR) is 157 cm³/mol. The molecular weight excluding hydrogens is 787 g/mol. The number of thioether (sulfide) groups is 1. The summed E-state index contributed by atoms with van der Waals surface area (Å²) in [5.74, 6) is -3.23. The van der Waals surface area contributed by atoms with Crippen molar-refractivity contribution in [3.8, 4) is 0 Å². The first-order valence-corrected chi connectivity index (χ1v) is 15.2. The summed E-state index contributed by atoms with van der Waals surface area (Å²) in [4.78, 5) is 59.7. The average molecular weight is 809 g/mol. The van der Waals surface area contributed by atoms with Crippen LogP contribution in [0.5, 0.6) is 0 Å². The van der Waals surface area contributed by atoms with Crippen molar-refractivity contribution in [3.05, 3.63) is 0 Å². The van der Waals surface area contributed by atoms with E-state index in [1.54, 1.807) is 0 Å². The molecule has 0 rings (SSSR count). The smallest absolute Gasteiger partial charge is 0.480 e. The lowest BCUT2D eigenvalue weighted by atomic mass is 10.2. The summed E-state index contributed by atoms with van der Waals surface area (Å²) in [7, 11) is 0. The molecule has 1 unspecified atom stereocenters. The van der Waals surface area contributed by atoms with Crippen LogP contribution in [0.4, 0.5) is 14.4 Å². The zero-order chi connectivity index (χ0) is 32.7. The number of alkyl carbamates (subject to hydrolysis) is 1. The number of aliphatic hydroxyl groups excluding tert-OH is 1. The van der Waals surface area contributed by atoms with Crippen LogP contribution in [0.25, 0.3) is 0 Å². The normalized spacial score (nSPS) is 14.0. The average Bonchev–Trinajstić information content (AvgIpc) is 2.84. The highest BCUT2D eigenvalue weighted by atomic mass is 35.6. The van der Waals surface area contributed by atoms with Gasteiger partial charge in [0.25, 0.3) is 0 Å². The third-order valence-corrected chi connectivity index (χ3v) is 5.88. The van der Waals surface area contributed by atoms with Gasteiger partial charge in [0, 0.05) is 11.5 Å². The van der Waals surface area contributed by atoms with Crippen LogP contribution in [0.15, 0.2) is 0 Å². The van der Waals surface area contributed by atoms with Crippen LogP contribution in [-0.4, -0.2) is 115 Å². The van der Waals surface area contributed by atoms with E-state index < -0.39 is 92.9 Å². The van der Waals surface area contributed by atoms with Crippen molar-refractivity contribution in [2.75, 3.05) is 44.5 Å². The maximum absolute atomic E-state index is 12.6. The number of halogens is 9. The van der Waals surface area contributed by atoms with E-state index in [1.807, 2.05) is 5.32 Å². The standard InChI is InChI=1S/C18H21Cl9N2O12S/c19-16(20,21)5-38-13(34)29-10(11(31)28-9(1-30)12(32)33)4-42-3-8(41-15(36)40-7-18(25,26)27)2-37-14(35)39-6-17(22,23)24/h8-10,30H,1-7H2,(H,28,31)(H,29,34)(H,32,33)/t8?,9-,10+/m0/s1. The Hall–Kier alpha value is -0.330. The molecule has 3 atom stereocenters. The first kappa shape index (κ1) is 41.7. The van der Waals surface area contributed by atoms with Gasteiger partial charge in [-0.25, -0.2) is 19.2 Å². The number of nitrogens with one attached hydrogen (secondary N) is 2. The van der Waals surface area contributed by atoms with Gasteiger partial charge in [-0.15, -0.1) is 0 Å². The van der Waals surface area contributed by atoms with Crippen LogP contribution in [-0.2, 0) is 33.3 Å². The number of ether oxygens (including phenoxy) is 5. The number of aliphatic hydroxyl groups is 1. The van der Waals surface area contributed by atoms with Crippen molar-refractivity contribution in [1.82, 2.24) is 10.6 Å². The van der Waals surface area contributed by atoms with Gasteiger partial charge in [0.1, 0.15) is 44.6 Å². The summed E-state index contributed by atoms with van der Waals surface area (Å²) in [5.41, 5.74) is 0. The van der Waals surface area contributed by atoms with Gasteiger partial charge in [-0.05, 0) is 0 Å². The highest BCUT2D eigenvalue weighted by Gasteiger charge is 2.30. The predicted octanol–water partition coefficient (Wildman–Crippen LogP) is 4.16. The summed E-state index contributed by atoms with van der Waals surface area (Å²) >= 11 is 50.3. The first-order valence-electron chi connectivity index (χ1n) is 10.6. The minimum absolute atomic E-state index is 0.252. The molecule has 0 aliphatic rings. The first-order chi connectivity index (χ1) is 19.1. The second kappa shape index (κ2) is 19.9. The van der Waals surface area contributed by atoms with Crippen LogP contribution in [0, 0.1) is 0 Å². The fourth-order valence-electron chi connectivity index (χ4n) is 2.06. The van der Waals surface area contributed by atoms with Crippen LogP contribution >= 0.6 is 116 Å². The minimum Gasteiger partial charge on any atom is -0.480 e. The van der Waals surface area contributed by atoms with Gasteiger partial charge < -0.3 is 44.5 Å². The van der Waals surface area contributed by atoms with Gasteiger partial charge in [0.2, 0.25) is 17.3 Å². The Morgan fingerprint density at radius 2 is 1.19 bits per heavy atom. The number of hydrogen-bond donors (Lipinski definition) is 4. The third kappa shape index (κ3) is 23.1. The second-order valence-corrected chi connectivity index (χ2v) is 16.0. The zero-order valence-corrected chi connectivity index (χ0v) is 28.1. The Morgan fingerprint density at radius 3 is 1.67 bits per heavy atom. The highest BCUT2D eigenvalue weighted by molar-refractivity contribution is 7.99. The van der Waals surface area contributed by atoms with E-state index in [4.69, 9.17) is 124 Å². The maximum atomic E-state index is 12.6. The molecule has 244 valence electrons. The largest absolute Gasteiger partial charge is 0.508 e. The molecule has 0 saturated heterocycles. The van der Waals surface area contributed by atoms with E-state index in [2.05, 4.69) is 14.8 Å². The molecule has 0 bridgehead atoms. The van der Waals surface area contributed by atoms with Gasteiger partial charge >= 0.3 is 24.4 Å². The van der Waals surface area contributed by atoms with Crippen molar-refractivity contribution in [1.29, 1.82) is 0 Å². The molecule has 0 fully saturated rings. The number of carbonyl (C=O) groups is 5. The molecule has 2 amide bonds. The van der Waals surface area contributed by atoms with E-state index in [-0.39, 0.29) is 11.5 Å². The number of carboxylic acids is 1. The molecule has 14 nitrogen and oxygen atoms in total. The van der Waals surface area contributed by atoms with Crippen LogP contribution < -0.4 is 10.6 Å². The molecule has 0 aliphatic heterocycles. The van der Waals surface area contributed by atoms with E-state index in [1.165, 1.54) is 0 Å². The lowest BCUT2D eigenvalue weighted by Crippen LogP contribution is -2.54. The Kier molecular flexibility index (Phi) is 19.8. The molecule has 0 radical (unpaired) electrons. The number of carboxylic acid groups (broad SMARTS) is 1. The van der Waals surface area contributed by atoms with Crippen molar-refractivity contribution in [2.45, 2.75) is 29.6 Å². The number of aliphatic carboxylic acids is 1. The number of hydrogen-bond acceptors (Lipinski definition) is 12. The molecule has 0 aromatic heterocycles. The lowest BCUT2D eigenvalue weighted by Gasteiger charge is -2.22. The third-order valence-electron chi connectivity index (χ3n) is 3.72. The number of amides is 2. The SMILES string of the molecule is O=C(N[C@H](CSCC(COC(=O)OCC(Cl)(Cl)Cl)OC(=O)OCC(Cl)(Cl)Cl)C(=O)N[C@@H](CO)C(=O)O)OCC(Cl)(Cl)Cl. The van der Waals surface area contributed by atoms with Gasteiger partial charge in [0.05, 0.1) is 6.61 Å². The zero-order valence-electron chi connectivity index (χ0n) is 20.5. The van der Waals surface area contributed by atoms with E-state index >= 15 is 0 Å². The minimum atomic E-state index is -1.98. The van der Waals surface area contributed by atoms with Crippen LogP contribution in [0.2, 0.25) is 0 Å². The Labute approximate surface area is 287 Å².